The molecule has 1 aromatic heterocycles. The summed E-state index contributed by atoms with van der Waals surface area (Å²) in [4.78, 5) is 16.2. The van der Waals surface area contributed by atoms with Crippen LogP contribution in [0.5, 0.6) is 0 Å². The van der Waals surface area contributed by atoms with Gasteiger partial charge in [-0.25, -0.2) is 4.79 Å². The van der Waals surface area contributed by atoms with Gasteiger partial charge in [-0.3, -0.25) is 0 Å². The van der Waals surface area contributed by atoms with Crippen molar-refractivity contribution in [2.75, 3.05) is 5.32 Å². The third kappa shape index (κ3) is 5.18. The van der Waals surface area contributed by atoms with Crippen LogP contribution in [0.3, 0.4) is 0 Å². The van der Waals surface area contributed by atoms with E-state index >= 15 is 0 Å². The second kappa shape index (κ2) is 8.51. The Labute approximate surface area is 162 Å². The number of nitrogens with one attached hydrogen (secondary N) is 2. The Morgan fingerprint density at radius 3 is 2.74 bits per heavy atom. The topological polar surface area (TPSA) is 80.0 Å². The van der Waals surface area contributed by atoms with Crippen LogP contribution < -0.4 is 10.6 Å². The number of rotatable bonds is 5. The normalized spacial score (nSPS) is 11.1. The van der Waals surface area contributed by atoms with E-state index in [4.69, 9.17) is 16.1 Å². The number of urea groups is 1. The van der Waals surface area contributed by atoms with Gasteiger partial charge in [0.2, 0.25) is 5.82 Å². The first kappa shape index (κ1) is 18.7. The van der Waals surface area contributed by atoms with Gasteiger partial charge in [0.05, 0.1) is 0 Å². The summed E-state index contributed by atoms with van der Waals surface area (Å²) in [7, 11) is 0. The lowest BCUT2D eigenvalue weighted by Gasteiger charge is -2.10. The van der Waals surface area contributed by atoms with Crippen molar-refractivity contribution < 1.29 is 9.32 Å². The Balaban J connectivity index is 1.74. The van der Waals surface area contributed by atoms with E-state index in [1.165, 1.54) is 0 Å². The lowest BCUT2D eigenvalue weighted by Crippen LogP contribution is -2.34. The molecule has 0 unspecified atom stereocenters. The predicted molar refractivity (Wildman–Crippen MR) is 107 cm³/mol. The lowest BCUT2D eigenvalue weighted by atomic mass is 10.2. The molecule has 3 aromatic rings. The van der Waals surface area contributed by atoms with Crippen LogP contribution >= 0.6 is 11.6 Å². The molecule has 27 heavy (non-hydrogen) atoms. The molecule has 1 heterocycles. The van der Waals surface area contributed by atoms with Gasteiger partial charge in [0.1, 0.15) is 0 Å². The van der Waals surface area contributed by atoms with Crippen molar-refractivity contribution in [3.05, 3.63) is 65.0 Å². The predicted octanol–water partition coefficient (Wildman–Crippen LogP) is 5.09. The molecule has 2 aromatic carbocycles. The van der Waals surface area contributed by atoms with Crippen LogP contribution in [0.25, 0.3) is 23.5 Å². The summed E-state index contributed by atoms with van der Waals surface area (Å²) in [5, 5.41) is 10.2. The molecule has 138 valence electrons. The first-order valence-corrected chi connectivity index (χ1v) is 8.83. The minimum atomic E-state index is -0.265. The van der Waals surface area contributed by atoms with Crippen molar-refractivity contribution in [2.45, 2.75) is 19.9 Å². The summed E-state index contributed by atoms with van der Waals surface area (Å²) in [6.07, 6.45) is 3.52. The fraction of sp³-hybridized carbons (Fsp3) is 0.150. The number of carbonyl (C=O) groups is 1. The van der Waals surface area contributed by atoms with Gasteiger partial charge in [0.15, 0.2) is 0 Å². The van der Waals surface area contributed by atoms with Crippen LogP contribution in [0.15, 0.2) is 53.1 Å². The quantitative estimate of drug-likeness (QED) is 0.644. The molecular formula is C20H19ClN4O2. The number of benzene rings is 2. The van der Waals surface area contributed by atoms with Gasteiger partial charge in [-0.1, -0.05) is 47.1 Å². The van der Waals surface area contributed by atoms with E-state index in [9.17, 15) is 4.79 Å². The molecule has 2 amide bonds. The van der Waals surface area contributed by atoms with Crippen molar-refractivity contribution in [1.29, 1.82) is 0 Å². The summed E-state index contributed by atoms with van der Waals surface area (Å²) in [5.41, 5.74) is 2.24. The number of anilines is 1. The second-order valence-electron chi connectivity index (χ2n) is 6.15. The molecule has 0 spiro atoms. The van der Waals surface area contributed by atoms with E-state index in [0.717, 1.165) is 11.1 Å². The summed E-state index contributed by atoms with van der Waals surface area (Å²) in [6.45, 7) is 3.79. The van der Waals surface area contributed by atoms with Gasteiger partial charge < -0.3 is 15.2 Å². The Kier molecular flexibility index (Phi) is 5.88. The first-order chi connectivity index (χ1) is 13.0. The van der Waals surface area contributed by atoms with E-state index in [0.29, 0.717) is 22.4 Å². The third-order valence-corrected chi connectivity index (χ3v) is 3.90. The van der Waals surface area contributed by atoms with E-state index in [2.05, 4.69) is 20.8 Å². The molecule has 2 N–H and O–H groups in total. The molecule has 0 aliphatic heterocycles. The van der Waals surface area contributed by atoms with Crippen LogP contribution in [0, 0.1) is 0 Å². The lowest BCUT2D eigenvalue weighted by molar-refractivity contribution is 0.250. The van der Waals surface area contributed by atoms with Crippen molar-refractivity contribution >= 4 is 35.5 Å². The van der Waals surface area contributed by atoms with Crippen LogP contribution in [0.4, 0.5) is 10.5 Å². The zero-order valence-electron chi connectivity index (χ0n) is 14.9. The van der Waals surface area contributed by atoms with Crippen LogP contribution in [0.1, 0.15) is 25.3 Å². The largest absolute Gasteiger partial charge is 0.336 e. The highest BCUT2D eigenvalue weighted by atomic mass is 35.5. The molecule has 6 nitrogen and oxygen atoms in total. The van der Waals surface area contributed by atoms with E-state index in [-0.39, 0.29) is 12.1 Å². The maximum atomic E-state index is 11.8. The Morgan fingerprint density at radius 1 is 1.15 bits per heavy atom. The highest BCUT2D eigenvalue weighted by Crippen LogP contribution is 2.21. The van der Waals surface area contributed by atoms with E-state index in [1.54, 1.807) is 18.2 Å². The third-order valence-electron chi connectivity index (χ3n) is 3.55. The highest BCUT2D eigenvalue weighted by molar-refractivity contribution is 6.32. The molecule has 0 atom stereocenters. The number of hydrogen-bond donors (Lipinski definition) is 2. The van der Waals surface area contributed by atoms with E-state index < -0.39 is 0 Å². The van der Waals surface area contributed by atoms with Gasteiger partial charge in [0.25, 0.3) is 5.89 Å². The standard InChI is InChI=1S/C20H19ClN4O2/c1-13(2)22-20(26)23-16-8-5-7-15(12-16)19-24-18(27-25-19)11-10-14-6-3-4-9-17(14)21/h3-13H,1-2H3,(H2,22,23,26)/b11-10+. The maximum Gasteiger partial charge on any atom is 0.319 e. The monoisotopic (exact) mass is 382 g/mol. The molecule has 0 saturated carbocycles. The van der Waals surface area contributed by atoms with Crippen LogP contribution in [-0.2, 0) is 0 Å². The van der Waals surface area contributed by atoms with Gasteiger partial charge in [-0.15, -0.1) is 0 Å². The molecule has 3 rings (SSSR count). The Bertz CT molecular complexity index is 966. The molecule has 0 aliphatic carbocycles. The number of hydrogen-bond acceptors (Lipinski definition) is 4. The minimum absolute atomic E-state index is 0.0536. The summed E-state index contributed by atoms with van der Waals surface area (Å²) >= 11 is 6.12. The molecule has 0 aliphatic rings. The number of carbonyl (C=O) groups excluding carboxylic acids is 1. The highest BCUT2D eigenvalue weighted by Gasteiger charge is 2.09. The van der Waals surface area contributed by atoms with Crippen molar-refractivity contribution in [2.24, 2.45) is 0 Å². The Morgan fingerprint density at radius 2 is 1.96 bits per heavy atom. The number of amides is 2. The molecule has 0 saturated heterocycles. The van der Waals surface area contributed by atoms with Crippen molar-refractivity contribution in [3.63, 3.8) is 0 Å². The van der Waals surface area contributed by atoms with Crippen molar-refractivity contribution in [3.8, 4) is 11.4 Å². The fourth-order valence-corrected chi connectivity index (χ4v) is 2.56. The maximum absolute atomic E-state index is 11.8. The van der Waals surface area contributed by atoms with E-state index in [1.807, 2.05) is 56.3 Å². The van der Waals surface area contributed by atoms with Crippen LogP contribution in [0.2, 0.25) is 5.02 Å². The average Bonchev–Trinajstić information content (AvgIpc) is 3.09. The SMILES string of the molecule is CC(C)NC(=O)Nc1cccc(-c2noc(/C=C/c3ccccc3Cl)n2)c1. The summed E-state index contributed by atoms with van der Waals surface area (Å²) < 4.78 is 5.26. The van der Waals surface area contributed by atoms with Crippen LogP contribution in [-0.4, -0.2) is 22.2 Å². The van der Waals surface area contributed by atoms with Gasteiger partial charge in [0, 0.05) is 28.4 Å². The first-order valence-electron chi connectivity index (χ1n) is 8.45. The number of halogens is 1. The summed E-state index contributed by atoms with van der Waals surface area (Å²) in [6, 6.07) is 14.5. The fourth-order valence-electron chi connectivity index (χ4n) is 2.36. The number of nitrogens with zero attached hydrogens (tertiary/aromatic N) is 2. The Hall–Kier alpha value is -3.12. The molecule has 0 bridgehead atoms. The van der Waals surface area contributed by atoms with Crippen molar-refractivity contribution in [1.82, 2.24) is 15.5 Å². The molecular weight excluding hydrogens is 364 g/mol. The van der Waals surface area contributed by atoms with Gasteiger partial charge in [-0.05, 0) is 43.7 Å². The minimum Gasteiger partial charge on any atom is -0.336 e. The average molecular weight is 383 g/mol. The molecule has 0 fully saturated rings. The zero-order chi connectivity index (χ0) is 19.2. The number of aromatic nitrogens is 2. The smallest absolute Gasteiger partial charge is 0.319 e. The molecule has 0 radical (unpaired) electrons. The second-order valence-corrected chi connectivity index (χ2v) is 6.55. The summed E-state index contributed by atoms with van der Waals surface area (Å²) in [5.74, 6) is 0.794. The van der Waals surface area contributed by atoms with Gasteiger partial charge in [-0.2, -0.15) is 4.98 Å². The zero-order valence-corrected chi connectivity index (χ0v) is 15.7. The van der Waals surface area contributed by atoms with Gasteiger partial charge >= 0.3 is 6.03 Å². The molecule has 7 heteroatoms.